The van der Waals surface area contributed by atoms with Crippen molar-refractivity contribution in [1.29, 1.82) is 0 Å². The highest BCUT2D eigenvalue weighted by Gasteiger charge is 2.03. The predicted molar refractivity (Wildman–Crippen MR) is 239 cm³/mol. The molecule has 0 aliphatic heterocycles. The molecule has 0 radical (unpaired) electrons. The number of ether oxygens (including phenoxy) is 1. The van der Waals surface area contributed by atoms with Crippen LogP contribution in [0.25, 0.3) is 0 Å². The third-order valence-corrected chi connectivity index (χ3v) is 12.0. The molecule has 0 unspecified atom stereocenters. The molecule has 0 spiro atoms. The Morgan fingerprint density at radius 1 is 0.245 bits per heavy atom. The van der Waals surface area contributed by atoms with Crippen LogP contribution in [0.15, 0.2) is 0 Å². The molecule has 2 nitrogen and oxygen atoms in total. The first-order valence-electron chi connectivity index (χ1n) is 25.5. The van der Waals surface area contributed by atoms with E-state index in [1.165, 1.54) is 283 Å². The third-order valence-electron chi connectivity index (χ3n) is 12.0. The molecule has 0 bridgehead atoms. The van der Waals surface area contributed by atoms with Gasteiger partial charge in [-0.25, -0.2) is 0 Å². The lowest BCUT2D eigenvalue weighted by molar-refractivity contribution is -0.143. The van der Waals surface area contributed by atoms with Gasteiger partial charge in [-0.3, -0.25) is 4.79 Å². The molecule has 318 valence electrons. The fraction of sp³-hybridized carbons (Fsp3) is 0.980. The normalized spacial score (nSPS) is 11.5. The van der Waals surface area contributed by atoms with Crippen molar-refractivity contribution in [3.05, 3.63) is 0 Å². The van der Waals surface area contributed by atoms with Crippen LogP contribution in [0.4, 0.5) is 0 Å². The Hall–Kier alpha value is -0.530. The van der Waals surface area contributed by atoms with Crippen LogP contribution in [0.1, 0.15) is 316 Å². The highest BCUT2D eigenvalue weighted by molar-refractivity contribution is 5.69. The van der Waals surface area contributed by atoms with E-state index >= 15 is 0 Å². The summed E-state index contributed by atoms with van der Waals surface area (Å²) < 4.78 is 5.50. The monoisotopic (exact) mass is 747 g/mol. The van der Waals surface area contributed by atoms with Crippen molar-refractivity contribution in [2.45, 2.75) is 316 Å². The molecule has 0 atom stereocenters. The molecule has 0 N–H and O–H groups in total. The van der Waals surface area contributed by atoms with Gasteiger partial charge in [0.2, 0.25) is 0 Å². The van der Waals surface area contributed by atoms with E-state index in [1.807, 2.05) is 0 Å². The summed E-state index contributed by atoms with van der Waals surface area (Å²) in [6.07, 6.45) is 65.3. The fourth-order valence-corrected chi connectivity index (χ4v) is 8.20. The van der Waals surface area contributed by atoms with E-state index in [1.54, 1.807) is 0 Å². The van der Waals surface area contributed by atoms with Crippen LogP contribution >= 0.6 is 0 Å². The van der Waals surface area contributed by atoms with Crippen molar-refractivity contribution in [1.82, 2.24) is 0 Å². The van der Waals surface area contributed by atoms with Crippen LogP contribution in [-0.2, 0) is 9.53 Å². The lowest BCUT2D eigenvalue weighted by Crippen LogP contribution is -2.05. The largest absolute Gasteiger partial charge is 0.466 e. The number of rotatable bonds is 48. The Bertz CT molecular complexity index is 644. The summed E-state index contributed by atoms with van der Waals surface area (Å²) in [6, 6.07) is 0. The first-order chi connectivity index (χ1) is 26.3. The lowest BCUT2D eigenvalue weighted by Gasteiger charge is -2.06. The Morgan fingerprint density at radius 2 is 0.415 bits per heavy atom. The topological polar surface area (TPSA) is 26.3 Å². The second-order valence-electron chi connectivity index (χ2n) is 17.5. The van der Waals surface area contributed by atoms with E-state index in [-0.39, 0.29) is 5.97 Å². The summed E-state index contributed by atoms with van der Waals surface area (Å²) in [5.41, 5.74) is 0. The summed E-state index contributed by atoms with van der Waals surface area (Å²) in [5, 5.41) is 0. The molecular weight excluding hydrogens is 645 g/mol. The summed E-state index contributed by atoms with van der Waals surface area (Å²) >= 11 is 0. The van der Waals surface area contributed by atoms with E-state index in [0.717, 1.165) is 12.8 Å². The van der Waals surface area contributed by atoms with E-state index in [0.29, 0.717) is 13.0 Å². The highest BCUT2D eigenvalue weighted by Crippen LogP contribution is 2.18. The quantitative estimate of drug-likeness (QED) is 0.0458. The molecule has 0 saturated heterocycles. The number of carbonyl (C=O) groups excluding carboxylic acids is 1. The van der Waals surface area contributed by atoms with Crippen molar-refractivity contribution in [2.24, 2.45) is 0 Å². The maximum atomic E-state index is 12.1. The second-order valence-corrected chi connectivity index (χ2v) is 17.5. The van der Waals surface area contributed by atoms with Crippen LogP contribution in [-0.4, -0.2) is 12.6 Å². The SMILES string of the molecule is CCCCCCCCCCCCCCCCCCCCCCCCCCCC(=O)OCCCCCCCCCCCCCCCCCCCCCCC. The maximum absolute atomic E-state index is 12.1. The Kier molecular flexibility index (Phi) is 49.0. The molecule has 0 amide bonds. The molecule has 0 heterocycles. The van der Waals surface area contributed by atoms with Gasteiger partial charge in [0.05, 0.1) is 6.61 Å². The summed E-state index contributed by atoms with van der Waals surface area (Å²) in [4.78, 5) is 12.1. The zero-order chi connectivity index (χ0) is 38.2. The van der Waals surface area contributed by atoms with Gasteiger partial charge < -0.3 is 4.74 Å². The number of esters is 1. The van der Waals surface area contributed by atoms with E-state index in [9.17, 15) is 4.79 Å². The van der Waals surface area contributed by atoms with Gasteiger partial charge in [0, 0.05) is 6.42 Å². The average molecular weight is 747 g/mol. The summed E-state index contributed by atoms with van der Waals surface area (Å²) in [7, 11) is 0. The fourth-order valence-electron chi connectivity index (χ4n) is 8.20. The maximum Gasteiger partial charge on any atom is 0.305 e. The lowest BCUT2D eigenvalue weighted by atomic mass is 10.0. The molecule has 0 rings (SSSR count). The van der Waals surface area contributed by atoms with Gasteiger partial charge in [0.1, 0.15) is 0 Å². The van der Waals surface area contributed by atoms with Crippen molar-refractivity contribution >= 4 is 5.97 Å². The number of hydrogen-bond donors (Lipinski definition) is 0. The molecule has 0 aromatic heterocycles. The predicted octanol–water partition coefficient (Wildman–Crippen LogP) is 18.9. The first-order valence-corrected chi connectivity index (χ1v) is 25.5. The average Bonchev–Trinajstić information content (AvgIpc) is 3.16. The van der Waals surface area contributed by atoms with Crippen LogP contribution in [0.2, 0.25) is 0 Å². The molecule has 0 saturated carbocycles. The zero-order valence-corrected chi connectivity index (χ0v) is 37.3. The van der Waals surface area contributed by atoms with Gasteiger partial charge in [-0.15, -0.1) is 0 Å². The number of hydrogen-bond acceptors (Lipinski definition) is 2. The van der Waals surface area contributed by atoms with E-state index in [2.05, 4.69) is 13.8 Å². The molecule has 0 aromatic carbocycles. The van der Waals surface area contributed by atoms with Crippen molar-refractivity contribution in [3.63, 3.8) is 0 Å². The van der Waals surface area contributed by atoms with E-state index in [4.69, 9.17) is 4.74 Å². The van der Waals surface area contributed by atoms with Gasteiger partial charge in [-0.2, -0.15) is 0 Å². The Balaban J connectivity index is 3.14. The van der Waals surface area contributed by atoms with Crippen molar-refractivity contribution < 1.29 is 9.53 Å². The van der Waals surface area contributed by atoms with Crippen molar-refractivity contribution in [2.75, 3.05) is 6.61 Å². The minimum atomic E-state index is 0.0345. The molecule has 53 heavy (non-hydrogen) atoms. The minimum absolute atomic E-state index is 0.0345. The third kappa shape index (κ3) is 49.5. The van der Waals surface area contributed by atoms with Crippen LogP contribution in [0.5, 0.6) is 0 Å². The van der Waals surface area contributed by atoms with Gasteiger partial charge >= 0.3 is 5.97 Å². The van der Waals surface area contributed by atoms with Crippen LogP contribution < -0.4 is 0 Å². The van der Waals surface area contributed by atoms with E-state index < -0.39 is 0 Å². The van der Waals surface area contributed by atoms with Gasteiger partial charge in [-0.1, -0.05) is 296 Å². The minimum Gasteiger partial charge on any atom is -0.466 e. The Morgan fingerprint density at radius 3 is 0.623 bits per heavy atom. The molecule has 0 aromatic rings. The summed E-state index contributed by atoms with van der Waals surface area (Å²) in [6.45, 7) is 5.24. The molecule has 0 fully saturated rings. The van der Waals surface area contributed by atoms with Crippen LogP contribution in [0.3, 0.4) is 0 Å². The van der Waals surface area contributed by atoms with Gasteiger partial charge in [0.15, 0.2) is 0 Å². The molecule has 0 aliphatic carbocycles. The Labute approximate surface area is 336 Å². The van der Waals surface area contributed by atoms with Gasteiger partial charge in [-0.05, 0) is 12.8 Å². The number of carbonyl (C=O) groups is 1. The smallest absolute Gasteiger partial charge is 0.305 e. The molecule has 2 heteroatoms. The standard InChI is InChI=1S/C51H102O2/c1-3-5-7-9-11-13-15-17-19-21-23-25-26-27-28-29-31-33-35-37-39-41-43-45-47-49-51(52)53-50-48-46-44-42-40-38-36-34-32-30-24-22-20-18-16-14-12-10-8-6-4-2/h3-50H2,1-2H3. The zero-order valence-electron chi connectivity index (χ0n) is 37.3. The molecule has 0 aliphatic rings. The molecular formula is C51H102O2. The first kappa shape index (κ1) is 52.5. The summed E-state index contributed by atoms with van der Waals surface area (Å²) in [5.74, 6) is 0.0345. The second kappa shape index (κ2) is 49.5. The van der Waals surface area contributed by atoms with Crippen molar-refractivity contribution in [3.8, 4) is 0 Å². The number of unbranched alkanes of at least 4 members (excludes halogenated alkanes) is 44. The highest BCUT2D eigenvalue weighted by atomic mass is 16.5. The van der Waals surface area contributed by atoms with Gasteiger partial charge in [0.25, 0.3) is 0 Å². The van der Waals surface area contributed by atoms with Crippen LogP contribution in [0, 0.1) is 0 Å².